The second-order valence-electron chi connectivity index (χ2n) is 11.4. The van der Waals surface area contributed by atoms with E-state index in [2.05, 4.69) is 134 Å². The third-order valence-corrected chi connectivity index (χ3v) is 12.3. The SMILES string of the molecule is Cc1ccccc1.Cc1ccsc1.Cc1csc(C)c1.Cc1csc(Cl)c1.Cc1csc2ccccc12.Cc1cscc1C.Cc1cscn1. The van der Waals surface area contributed by atoms with Crippen molar-refractivity contribution in [2.24, 2.45) is 0 Å². The van der Waals surface area contributed by atoms with E-state index in [9.17, 15) is 0 Å². The van der Waals surface area contributed by atoms with Crippen LogP contribution in [-0.2, 0) is 0 Å². The predicted molar refractivity (Wildman–Crippen MR) is 235 cm³/mol. The van der Waals surface area contributed by atoms with Crippen LogP contribution >= 0.6 is 79.6 Å². The molecular formula is C42H48ClNS6. The van der Waals surface area contributed by atoms with Crippen LogP contribution in [0.15, 0.2) is 121 Å². The first-order valence-corrected chi connectivity index (χ1v) is 21.8. The zero-order valence-electron chi connectivity index (χ0n) is 30.4. The van der Waals surface area contributed by atoms with Crippen molar-refractivity contribution in [2.45, 2.75) is 62.3 Å². The normalized spacial score (nSPS) is 9.40. The number of benzene rings is 2. The summed E-state index contributed by atoms with van der Waals surface area (Å²) in [5.41, 5.74) is 12.4. The molecule has 0 bridgehead atoms. The van der Waals surface area contributed by atoms with E-state index in [1.54, 1.807) is 56.7 Å². The molecule has 0 N–H and O–H groups in total. The first-order chi connectivity index (χ1) is 23.9. The lowest BCUT2D eigenvalue weighted by Gasteiger charge is -1.86. The number of aryl methyl sites for hydroxylation is 9. The maximum absolute atomic E-state index is 5.58. The lowest BCUT2D eigenvalue weighted by Crippen LogP contribution is -1.63. The quantitative estimate of drug-likeness (QED) is 0.149. The number of halogens is 1. The number of thiophene rings is 5. The van der Waals surface area contributed by atoms with Gasteiger partial charge in [0.2, 0.25) is 0 Å². The Morgan fingerprint density at radius 2 is 1.12 bits per heavy atom. The third kappa shape index (κ3) is 19.5. The topological polar surface area (TPSA) is 12.9 Å². The van der Waals surface area contributed by atoms with Gasteiger partial charge in [0, 0.05) is 20.7 Å². The Morgan fingerprint density at radius 3 is 1.42 bits per heavy atom. The molecule has 2 aromatic carbocycles. The summed E-state index contributed by atoms with van der Waals surface area (Å²) in [5, 5.41) is 18.3. The van der Waals surface area contributed by atoms with E-state index in [1.807, 2.05) is 65.7 Å². The molecule has 8 aromatic rings. The van der Waals surface area contributed by atoms with E-state index in [0.717, 1.165) is 10.0 Å². The number of hydrogen-bond donors (Lipinski definition) is 0. The summed E-state index contributed by atoms with van der Waals surface area (Å²) in [6.07, 6.45) is 0. The molecule has 0 saturated carbocycles. The Hall–Kier alpha value is -2.88. The molecule has 0 aliphatic heterocycles. The monoisotopic (exact) mass is 793 g/mol. The van der Waals surface area contributed by atoms with Crippen molar-refractivity contribution in [3.8, 4) is 0 Å². The van der Waals surface area contributed by atoms with Gasteiger partial charge in [-0.05, 0) is 163 Å². The Kier molecular flexibility index (Phi) is 21.8. The van der Waals surface area contributed by atoms with Crippen LogP contribution in [-0.4, -0.2) is 4.98 Å². The Bertz CT molecular complexity index is 1840. The number of hydrogen-bond acceptors (Lipinski definition) is 7. The number of thiazole rings is 1. The molecule has 0 spiro atoms. The average molecular weight is 795 g/mol. The first kappa shape index (κ1) is 43.3. The van der Waals surface area contributed by atoms with Gasteiger partial charge in [-0.3, -0.25) is 4.98 Å². The Labute approximate surface area is 329 Å². The zero-order chi connectivity index (χ0) is 36.7. The molecule has 6 aromatic heterocycles. The highest BCUT2D eigenvalue weighted by molar-refractivity contribution is 7.17. The van der Waals surface area contributed by atoms with E-state index in [4.69, 9.17) is 11.6 Å². The fourth-order valence-electron chi connectivity index (χ4n) is 3.65. The van der Waals surface area contributed by atoms with Crippen molar-refractivity contribution < 1.29 is 0 Å². The van der Waals surface area contributed by atoms with Crippen LogP contribution in [0.4, 0.5) is 0 Å². The van der Waals surface area contributed by atoms with E-state index in [-0.39, 0.29) is 0 Å². The molecule has 0 saturated heterocycles. The maximum Gasteiger partial charge on any atom is 0.0931 e. The zero-order valence-corrected chi connectivity index (χ0v) is 36.1. The van der Waals surface area contributed by atoms with E-state index in [1.165, 1.54) is 53.9 Å². The van der Waals surface area contributed by atoms with E-state index >= 15 is 0 Å². The Morgan fingerprint density at radius 1 is 0.480 bits per heavy atom. The maximum atomic E-state index is 5.58. The van der Waals surface area contributed by atoms with Gasteiger partial charge in [0.1, 0.15) is 0 Å². The molecule has 0 aliphatic rings. The smallest absolute Gasteiger partial charge is 0.0931 e. The van der Waals surface area contributed by atoms with Crippen LogP contribution in [0.25, 0.3) is 10.1 Å². The summed E-state index contributed by atoms with van der Waals surface area (Å²) in [6.45, 7) is 18.8. The molecule has 0 unspecified atom stereocenters. The molecular weight excluding hydrogens is 746 g/mol. The minimum atomic E-state index is 0.873. The Balaban J connectivity index is 0.000000204. The number of fused-ring (bicyclic) bond motifs is 1. The van der Waals surface area contributed by atoms with Crippen molar-refractivity contribution in [2.75, 3.05) is 0 Å². The molecule has 264 valence electrons. The molecule has 6 heterocycles. The van der Waals surface area contributed by atoms with Crippen molar-refractivity contribution in [1.29, 1.82) is 0 Å². The van der Waals surface area contributed by atoms with Gasteiger partial charge in [0.15, 0.2) is 0 Å². The van der Waals surface area contributed by atoms with Crippen LogP contribution in [0.1, 0.15) is 49.5 Å². The second-order valence-corrected chi connectivity index (χ2v) is 17.2. The van der Waals surface area contributed by atoms with Crippen molar-refractivity contribution in [3.05, 3.63) is 175 Å². The largest absolute Gasteiger partial charge is 0.250 e. The van der Waals surface area contributed by atoms with Gasteiger partial charge in [-0.2, -0.15) is 22.7 Å². The summed E-state index contributed by atoms with van der Waals surface area (Å²) in [5.74, 6) is 0. The molecule has 0 atom stereocenters. The third-order valence-electron chi connectivity index (χ3n) is 6.51. The van der Waals surface area contributed by atoms with Gasteiger partial charge in [-0.15, -0.1) is 45.3 Å². The summed E-state index contributed by atoms with van der Waals surface area (Å²) < 4.78 is 2.26. The standard InChI is InChI=1S/C9H8S.C7H8.2C6H8S.C5H5ClS.C5H6S.C4H5NS/c1-7-6-10-9-5-3-2-4-8(7)9;1-7-5-3-2-4-6-7;1-5-3-7-4-6(5)2;1-5-3-6(2)7-4-5;1-4-2-5(6)7-3-4;1-5-2-3-6-4-5;1-4-2-6-3-5-4/h2-6H,1H3;2-6H,1H3;2*3-4H,1-2H3;2-3H,1H3;2-4H,1H3;2-3H,1H3. The second kappa shape index (κ2) is 25.1. The molecule has 0 amide bonds. The van der Waals surface area contributed by atoms with Crippen LogP contribution in [0, 0.1) is 62.3 Å². The first-order valence-electron chi connectivity index (χ1n) is 15.9. The van der Waals surface area contributed by atoms with Crippen LogP contribution in [0.2, 0.25) is 4.34 Å². The lowest BCUT2D eigenvalue weighted by atomic mass is 10.2. The lowest BCUT2D eigenvalue weighted by molar-refractivity contribution is 1.27. The van der Waals surface area contributed by atoms with Crippen molar-refractivity contribution >= 4 is 89.7 Å². The molecule has 8 rings (SSSR count). The van der Waals surface area contributed by atoms with Crippen LogP contribution < -0.4 is 0 Å². The average Bonchev–Trinajstić information content (AvgIpc) is 3.98. The van der Waals surface area contributed by atoms with Gasteiger partial charge in [-0.25, -0.2) is 0 Å². The molecule has 50 heavy (non-hydrogen) atoms. The minimum absolute atomic E-state index is 0.873. The van der Waals surface area contributed by atoms with Crippen molar-refractivity contribution in [3.63, 3.8) is 0 Å². The summed E-state index contributed by atoms with van der Waals surface area (Å²) in [4.78, 5) is 5.34. The molecule has 1 nitrogen and oxygen atoms in total. The van der Waals surface area contributed by atoms with Gasteiger partial charge < -0.3 is 0 Å². The number of nitrogens with zero attached hydrogens (tertiary/aromatic N) is 1. The molecule has 0 fully saturated rings. The molecule has 0 radical (unpaired) electrons. The summed E-state index contributed by atoms with van der Waals surface area (Å²) in [6, 6.07) is 25.0. The van der Waals surface area contributed by atoms with E-state index in [0.29, 0.717) is 0 Å². The number of aromatic nitrogens is 1. The number of rotatable bonds is 0. The van der Waals surface area contributed by atoms with Crippen molar-refractivity contribution in [1.82, 2.24) is 4.98 Å². The predicted octanol–water partition coefficient (Wildman–Crippen LogP) is 16.2. The molecule has 0 aliphatic carbocycles. The van der Waals surface area contributed by atoms with Gasteiger partial charge in [0.05, 0.1) is 9.85 Å². The minimum Gasteiger partial charge on any atom is -0.250 e. The fourth-order valence-corrected chi connectivity index (χ4v) is 8.27. The summed E-state index contributed by atoms with van der Waals surface area (Å²) in [7, 11) is 0. The van der Waals surface area contributed by atoms with E-state index < -0.39 is 0 Å². The highest BCUT2D eigenvalue weighted by Gasteiger charge is 1.95. The van der Waals surface area contributed by atoms with Crippen LogP contribution in [0.5, 0.6) is 0 Å². The molecule has 8 heteroatoms. The van der Waals surface area contributed by atoms with Gasteiger partial charge in [-0.1, -0.05) is 65.7 Å². The summed E-state index contributed by atoms with van der Waals surface area (Å²) >= 11 is 15.9. The van der Waals surface area contributed by atoms with Gasteiger partial charge in [0.25, 0.3) is 0 Å². The van der Waals surface area contributed by atoms with Crippen LogP contribution in [0.3, 0.4) is 0 Å². The highest BCUT2D eigenvalue weighted by Crippen LogP contribution is 2.24. The van der Waals surface area contributed by atoms with Gasteiger partial charge >= 0.3 is 0 Å². The highest BCUT2D eigenvalue weighted by atomic mass is 35.5. The fraction of sp³-hybridized carbons (Fsp3) is 0.214.